The lowest BCUT2D eigenvalue weighted by Crippen LogP contribution is -2.44. The molecule has 3 aliphatic rings. The first kappa shape index (κ1) is 20.3. The molecule has 1 spiro atoms. The molecule has 0 radical (unpaired) electrons. The van der Waals surface area contributed by atoms with Gasteiger partial charge >= 0.3 is 0 Å². The van der Waals surface area contributed by atoms with Gasteiger partial charge in [0.1, 0.15) is 5.76 Å². The molecule has 2 saturated heterocycles. The molecule has 5 rings (SSSR count). The number of likely N-dealkylation sites (tertiary alicyclic amines) is 1. The highest BCUT2D eigenvalue weighted by molar-refractivity contribution is 5.91. The van der Waals surface area contributed by atoms with E-state index in [1.807, 2.05) is 22.8 Å². The number of nitrogens with zero attached hydrogens (tertiary/aromatic N) is 2. The van der Waals surface area contributed by atoms with Gasteiger partial charge in [-0.05, 0) is 60.8 Å². The van der Waals surface area contributed by atoms with Crippen molar-refractivity contribution < 1.29 is 18.7 Å². The van der Waals surface area contributed by atoms with E-state index in [1.54, 1.807) is 6.07 Å². The zero-order chi connectivity index (χ0) is 21.4. The van der Waals surface area contributed by atoms with Crippen LogP contribution in [0.4, 0.5) is 0 Å². The third-order valence-electron chi connectivity index (χ3n) is 7.35. The van der Waals surface area contributed by atoms with Crippen LogP contribution in [0.1, 0.15) is 59.0 Å². The van der Waals surface area contributed by atoms with Crippen LogP contribution >= 0.6 is 0 Å². The number of ether oxygens (including phenoxy) is 1. The van der Waals surface area contributed by atoms with Crippen molar-refractivity contribution in [1.29, 1.82) is 0 Å². The molecule has 0 unspecified atom stereocenters. The second-order valence-electron chi connectivity index (χ2n) is 9.17. The maximum Gasteiger partial charge on any atom is 0.289 e. The van der Waals surface area contributed by atoms with Gasteiger partial charge in [-0.25, -0.2) is 0 Å². The number of carbonyl (C=O) groups is 2. The molecule has 2 aliphatic heterocycles. The number of hydrogen-bond donors (Lipinski definition) is 0. The third-order valence-corrected chi connectivity index (χ3v) is 7.35. The predicted molar refractivity (Wildman–Crippen MR) is 116 cm³/mol. The summed E-state index contributed by atoms with van der Waals surface area (Å²) in [6.45, 7) is 5.96. The van der Waals surface area contributed by atoms with Crippen molar-refractivity contribution in [2.24, 2.45) is 0 Å². The fourth-order valence-electron chi connectivity index (χ4n) is 5.68. The molecule has 2 amide bonds. The van der Waals surface area contributed by atoms with Gasteiger partial charge in [-0.15, -0.1) is 0 Å². The third kappa shape index (κ3) is 3.78. The second-order valence-corrected chi connectivity index (χ2v) is 9.17. The van der Waals surface area contributed by atoms with Gasteiger partial charge in [-0.3, -0.25) is 9.59 Å². The van der Waals surface area contributed by atoms with Crippen LogP contribution in [0.5, 0.6) is 0 Å². The quantitative estimate of drug-likeness (QED) is 0.760. The minimum absolute atomic E-state index is 0.0201. The largest absolute Gasteiger partial charge is 0.456 e. The average Bonchev–Trinajstić information content (AvgIpc) is 3.37. The van der Waals surface area contributed by atoms with Gasteiger partial charge < -0.3 is 19.0 Å². The van der Waals surface area contributed by atoms with Crippen molar-refractivity contribution >= 4 is 11.8 Å². The summed E-state index contributed by atoms with van der Waals surface area (Å²) in [5, 5.41) is 0. The summed E-state index contributed by atoms with van der Waals surface area (Å²) in [5.74, 6) is 1.65. The number of amides is 2. The maximum absolute atomic E-state index is 12.9. The number of morpholine rings is 1. The Bertz CT molecular complexity index is 967. The van der Waals surface area contributed by atoms with E-state index in [9.17, 15) is 9.59 Å². The number of fused-ring (bicyclic) bond motifs is 2. The van der Waals surface area contributed by atoms with Crippen LogP contribution in [0.2, 0.25) is 0 Å². The Morgan fingerprint density at radius 2 is 1.74 bits per heavy atom. The van der Waals surface area contributed by atoms with Crippen LogP contribution in [0, 0.1) is 6.92 Å². The van der Waals surface area contributed by atoms with Crippen LogP contribution in [0.15, 0.2) is 40.8 Å². The first-order valence-electron chi connectivity index (χ1n) is 11.4. The van der Waals surface area contributed by atoms with Crippen molar-refractivity contribution in [3.05, 3.63) is 59.0 Å². The Kier molecular flexibility index (Phi) is 5.34. The Hall–Kier alpha value is -2.60. The van der Waals surface area contributed by atoms with Crippen molar-refractivity contribution in [3.8, 4) is 0 Å². The summed E-state index contributed by atoms with van der Waals surface area (Å²) in [6.07, 6.45) is 3.41. The van der Waals surface area contributed by atoms with Gasteiger partial charge in [-0.1, -0.05) is 24.3 Å². The van der Waals surface area contributed by atoms with Crippen molar-refractivity contribution in [3.63, 3.8) is 0 Å². The summed E-state index contributed by atoms with van der Waals surface area (Å²) in [6, 6.07) is 12.2. The van der Waals surface area contributed by atoms with E-state index < -0.39 is 0 Å². The standard InChI is InChI=1S/C25H30N2O4/c1-18-6-7-22(31-18)24(29)27-10-8-25(9-11-27)17-19(20-4-2-3-5-21(20)25)16-23(28)26-12-14-30-15-13-26/h2-7,19H,8-17H2,1H3/t19-/m1/s1. The monoisotopic (exact) mass is 422 g/mol. The fourth-order valence-corrected chi connectivity index (χ4v) is 5.68. The van der Waals surface area contributed by atoms with Crippen LogP contribution < -0.4 is 0 Å². The Morgan fingerprint density at radius 1 is 1.00 bits per heavy atom. The lowest BCUT2D eigenvalue weighted by atomic mass is 9.73. The average molecular weight is 423 g/mol. The van der Waals surface area contributed by atoms with Gasteiger partial charge in [0.2, 0.25) is 5.91 Å². The molecule has 0 saturated carbocycles. The summed E-state index contributed by atoms with van der Waals surface area (Å²) in [5.41, 5.74) is 2.77. The molecule has 1 aromatic heterocycles. The van der Waals surface area contributed by atoms with E-state index in [2.05, 4.69) is 24.3 Å². The summed E-state index contributed by atoms with van der Waals surface area (Å²) in [4.78, 5) is 29.6. The minimum Gasteiger partial charge on any atom is -0.456 e. The maximum atomic E-state index is 12.9. The Morgan fingerprint density at radius 3 is 2.45 bits per heavy atom. The molecular formula is C25H30N2O4. The van der Waals surface area contributed by atoms with Gasteiger partial charge in [0.05, 0.1) is 13.2 Å². The van der Waals surface area contributed by atoms with Gasteiger partial charge in [0.15, 0.2) is 5.76 Å². The summed E-state index contributed by atoms with van der Waals surface area (Å²) in [7, 11) is 0. The molecular weight excluding hydrogens is 392 g/mol. The van der Waals surface area contributed by atoms with E-state index >= 15 is 0 Å². The number of benzene rings is 1. The SMILES string of the molecule is Cc1ccc(C(=O)N2CCC3(CC2)C[C@@H](CC(=O)N2CCOCC2)c2ccccc23)o1. The second kappa shape index (κ2) is 8.15. The van der Waals surface area contributed by atoms with E-state index in [0.717, 1.165) is 38.1 Å². The number of aryl methyl sites for hydroxylation is 1. The van der Waals surface area contributed by atoms with E-state index in [0.29, 0.717) is 38.5 Å². The summed E-state index contributed by atoms with van der Waals surface area (Å²) >= 11 is 0. The normalized spacial score (nSPS) is 22.5. The van der Waals surface area contributed by atoms with Crippen LogP contribution in [0.3, 0.4) is 0 Å². The molecule has 164 valence electrons. The van der Waals surface area contributed by atoms with E-state index in [-0.39, 0.29) is 23.1 Å². The molecule has 0 N–H and O–H groups in total. The number of carbonyl (C=O) groups excluding carboxylic acids is 2. The fraction of sp³-hybridized carbons (Fsp3) is 0.520. The van der Waals surface area contributed by atoms with Crippen LogP contribution in [-0.4, -0.2) is 61.0 Å². The number of piperidine rings is 1. The molecule has 0 bridgehead atoms. The number of rotatable bonds is 3. The van der Waals surface area contributed by atoms with Gasteiger partial charge in [-0.2, -0.15) is 0 Å². The zero-order valence-corrected chi connectivity index (χ0v) is 18.1. The Labute approximate surface area is 183 Å². The number of furan rings is 1. The molecule has 2 fully saturated rings. The smallest absolute Gasteiger partial charge is 0.289 e. The lowest BCUT2D eigenvalue weighted by Gasteiger charge is -2.40. The molecule has 2 aromatic rings. The van der Waals surface area contributed by atoms with Crippen molar-refractivity contribution in [2.75, 3.05) is 39.4 Å². The molecule has 3 heterocycles. The molecule has 31 heavy (non-hydrogen) atoms. The van der Waals surface area contributed by atoms with Crippen molar-refractivity contribution in [1.82, 2.24) is 9.80 Å². The first-order valence-corrected chi connectivity index (χ1v) is 11.4. The lowest BCUT2D eigenvalue weighted by molar-refractivity contribution is -0.135. The predicted octanol–water partition coefficient (Wildman–Crippen LogP) is 3.50. The topological polar surface area (TPSA) is 63.0 Å². The van der Waals surface area contributed by atoms with Gasteiger partial charge in [0, 0.05) is 32.6 Å². The minimum atomic E-state index is -0.0201. The van der Waals surface area contributed by atoms with E-state index in [1.165, 1.54) is 11.1 Å². The molecule has 1 aliphatic carbocycles. The first-order chi connectivity index (χ1) is 15.1. The molecule has 6 nitrogen and oxygen atoms in total. The highest BCUT2D eigenvalue weighted by Crippen LogP contribution is 2.52. The highest BCUT2D eigenvalue weighted by atomic mass is 16.5. The van der Waals surface area contributed by atoms with Gasteiger partial charge in [0.25, 0.3) is 5.91 Å². The van der Waals surface area contributed by atoms with Crippen molar-refractivity contribution in [2.45, 2.75) is 43.9 Å². The highest BCUT2D eigenvalue weighted by Gasteiger charge is 2.46. The Balaban J connectivity index is 1.30. The van der Waals surface area contributed by atoms with E-state index in [4.69, 9.17) is 9.15 Å². The number of hydrogen-bond acceptors (Lipinski definition) is 4. The summed E-state index contributed by atoms with van der Waals surface area (Å²) < 4.78 is 10.9. The zero-order valence-electron chi connectivity index (χ0n) is 18.1. The van der Waals surface area contributed by atoms with Crippen LogP contribution in [-0.2, 0) is 14.9 Å². The molecule has 6 heteroatoms. The molecule has 1 aromatic carbocycles. The van der Waals surface area contributed by atoms with Crippen LogP contribution in [0.25, 0.3) is 0 Å². The molecule has 1 atom stereocenters.